The van der Waals surface area contributed by atoms with Crippen LogP contribution in [0.15, 0.2) is 35.5 Å². The number of hydrogen-bond acceptors (Lipinski definition) is 3. The van der Waals surface area contributed by atoms with Gasteiger partial charge >= 0.3 is 0 Å². The molecule has 0 aromatic carbocycles. The van der Waals surface area contributed by atoms with Crippen LogP contribution in [-0.2, 0) is 0 Å². The SMILES string of the molecule is C/C=C\CCCCCCCC/C=C(\C)C1NC(/C(=C/C)C(C)CC)N[C@H](C)N1. The minimum absolute atomic E-state index is 0.256. The van der Waals surface area contributed by atoms with Crippen molar-refractivity contribution in [3.8, 4) is 0 Å². The lowest BCUT2D eigenvalue weighted by Gasteiger charge is -2.40. The minimum atomic E-state index is 0.256. The van der Waals surface area contributed by atoms with Gasteiger partial charge in [0, 0.05) is 0 Å². The van der Waals surface area contributed by atoms with Gasteiger partial charge in [-0.25, -0.2) is 0 Å². The number of hydrogen-bond donors (Lipinski definition) is 3. The second-order valence-electron chi connectivity index (χ2n) is 8.40. The van der Waals surface area contributed by atoms with Crippen molar-refractivity contribution < 1.29 is 0 Å². The monoisotopic (exact) mass is 389 g/mol. The molecule has 0 saturated carbocycles. The molecule has 0 aliphatic carbocycles. The molecule has 162 valence electrons. The van der Waals surface area contributed by atoms with Gasteiger partial charge in [0.15, 0.2) is 0 Å². The average molecular weight is 390 g/mol. The molecule has 3 unspecified atom stereocenters. The first-order valence-corrected chi connectivity index (χ1v) is 11.8. The van der Waals surface area contributed by atoms with E-state index < -0.39 is 0 Å². The second-order valence-corrected chi connectivity index (χ2v) is 8.40. The lowest BCUT2D eigenvalue weighted by molar-refractivity contribution is 0.242. The summed E-state index contributed by atoms with van der Waals surface area (Å²) in [7, 11) is 0. The molecule has 1 heterocycles. The highest BCUT2D eigenvalue weighted by Crippen LogP contribution is 2.20. The molecule has 1 aliphatic heterocycles. The van der Waals surface area contributed by atoms with Gasteiger partial charge in [-0.2, -0.15) is 0 Å². The van der Waals surface area contributed by atoms with Gasteiger partial charge < -0.3 is 0 Å². The molecule has 3 nitrogen and oxygen atoms in total. The predicted molar refractivity (Wildman–Crippen MR) is 125 cm³/mol. The zero-order valence-corrected chi connectivity index (χ0v) is 19.5. The van der Waals surface area contributed by atoms with Gasteiger partial charge in [0.25, 0.3) is 0 Å². The Hall–Kier alpha value is -0.900. The van der Waals surface area contributed by atoms with E-state index in [2.05, 4.69) is 81.8 Å². The molecule has 0 aromatic heterocycles. The van der Waals surface area contributed by atoms with Gasteiger partial charge in [-0.05, 0) is 76.9 Å². The van der Waals surface area contributed by atoms with Gasteiger partial charge in [0.1, 0.15) is 0 Å². The van der Waals surface area contributed by atoms with Gasteiger partial charge in [0.05, 0.1) is 18.5 Å². The fourth-order valence-corrected chi connectivity index (χ4v) is 3.97. The summed E-state index contributed by atoms with van der Waals surface area (Å²) in [5.74, 6) is 0.600. The van der Waals surface area contributed by atoms with Crippen molar-refractivity contribution in [3.63, 3.8) is 0 Å². The summed E-state index contributed by atoms with van der Waals surface area (Å²) in [6.07, 6.45) is 21.8. The number of nitrogens with one attached hydrogen (secondary N) is 3. The summed E-state index contributed by atoms with van der Waals surface area (Å²) in [5, 5.41) is 11.1. The van der Waals surface area contributed by atoms with Crippen molar-refractivity contribution in [2.45, 2.75) is 118 Å². The van der Waals surface area contributed by atoms with Crippen molar-refractivity contribution in [1.29, 1.82) is 0 Å². The van der Waals surface area contributed by atoms with Crippen LogP contribution in [0.5, 0.6) is 0 Å². The lowest BCUT2D eigenvalue weighted by atomic mass is 9.94. The average Bonchev–Trinajstić information content (AvgIpc) is 2.69. The largest absolute Gasteiger partial charge is 0.283 e. The molecule has 0 aromatic rings. The smallest absolute Gasteiger partial charge is 0.0823 e. The zero-order chi connectivity index (χ0) is 20.8. The minimum Gasteiger partial charge on any atom is -0.283 e. The second kappa shape index (κ2) is 15.0. The molecule has 1 fully saturated rings. The standard InChI is InChI=1S/C25H47N3/c1-7-10-11-12-13-14-15-16-17-18-19-21(5)24-26-22(6)27-25(28-24)23(9-3)20(4)8-2/h7,9-10,19-20,22,24-28H,8,11-18H2,1-6H3/b10-7-,21-19+,23-9+/t20?,22-,24?,25?/m1/s1. The summed E-state index contributed by atoms with van der Waals surface area (Å²) < 4.78 is 0. The van der Waals surface area contributed by atoms with Crippen LogP contribution in [-0.4, -0.2) is 18.5 Å². The normalized spacial score (nSPS) is 25.4. The van der Waals surface area contributed by atoms with E-state index in [0.29, 0.717) is 12.1 Å². The highest BCUT2D eigenvalue weighted by atomic mass is 15.3. The quantitative estimate of drug-likeness (QED) is 0.252. The van der Waals surface area contributed by atoms with Gasteiger partial charge in [-0.1, -0.05) is 63.8 Å². The molecule has 28 heavy (non-hydrogen) atoms. The lowest BCUT2D eigenvalue weighted by Crippen LogP contribution is -2.67. The van der Waals surface area contributed by atoms with E-state index in [1.807, 2.05) is 0 Å². The molecule has 0 bridgehead atoms. The van der Waals surface area contributed by atoms with Crippen LogP contribution in [0.2, 0.25) is 0 Å². The van der Waals surface area contributed by atoms with E-state index in [-0.39, 0.29) is 12.3 Å². The number of unbranched alkanes of at least 4 members (excludes halogenated alkanes) is 7. The molecule has 1 saturated heterocycles. The summed E-state index contributed by atoms with van der Waals surface area (Å²) in [6, 6.07) is 0. The Bertz CT molecular complexity index is 492. The third-order valence-corrected chi connectivity index (χ3v) is 6.00. The van der Waals surface area contributed by atoms with Crippen LogP contribution in [0.3, 0.4) is 0 Å². The highest BCUT2D eigenvalue weighted by Gasteiger charge is 2.28. The van der Waals surface area contributed by atoms with E-state index in [1.165, 1.54) is 68.9 Å². The number of allylic oxidation sites excluding steroid dienone is 4. The summed E-state index contributed by atoms with van der Waals surface area (Å²) in [5.41, 5.74) is 2.90. The molecular weight excluding hydrogens is 342 g/mol. The predicted octanol–water partition coefficient (Wildman–Crippen LogP) is 6.40. The third kappa shape index (κ3) is 9.54. The van der Waals surface area contributed by atoms with Crippen LogP contribution in [0.1, 0.15) is 99.3 Å². The highest BCUT2D eigenvalue weighted by molar-refractivity contribution is 5.18. The van der Waals surface area contributed by atoms with Crippen LogP contribution < -0.4 is 16.0 Å². The Morgan fingerprint density at radius 3 is 2.11 bits per heavy atom. The molecule has 1 aliphatic rings. The Morgan fingerprint density at radius 2 is 1.50 bits per heavy atom. The third-order valence-electron chi connectivity index (χ3n) is 6.00. The van der Waals surface area contributed by atoms with Gasteiger partial charge in [0.2, 0.25) is 0 Å². The fraction of sp³-hybridized carbons (Fsp3) is 0.760. The van der Waals surface area contributed by atoms with Gasteiger partial charge in [-0.15, -0.1) is 0 Å². The van der Waals surface area contributed by atoms with Crippen LogP contribution in [0.25, 0.3) is 0 Å². The summed E-state index contributed by atoms with van der Waals surface area (Å²) in [6.45, 7) is 13.3. The van der Waals surface area contributed by atoms with Crippen molar-refractivity contribution in [2.75, 3.05) is 0 Å². The first kappa shape index (κ1) is 25.1. The maximum atomic E-state index is 3.77. The Balaban J connectivity index is 2.36. The van der Waals surface area contributed by atoms with Crippen LogP contribution in [0.4, 0.5) is 0 Å². The van der Waals surface area contributed by atoms with E-state index in [1.54, 1.807) is 0 Å². The van der Waals surface area contributed by atoms with E-state index >= 15 is 0 Å². The molecule has 4 atom stereocenters. The van der Waals surface area contributed by atoms with Crippen molar-refractivity contribution in [3.05, 3.63) is 35.5 Å². The molecule has 1 rings (SSSR count). The molecule has 0 spiro atoms. The van der Waals surface area contributed by atoms with Crippen molar-refractivity contribution in [2.24, 2.45) is 5.92 Å². The summed E-state index contributed by atoms with van der Waals surface area (Å²) in [4.78, 5) is 0. The Labute approximate surface area is 175 Å². The van der Waals surface area contributed by atoms with Crippen LogP contribution >= 0.6 is 0 Å². The molecular formula is C25H47N3. The van der Waals surface area contributed by atoms with Crippen molar-refractivity contribution in [1.82, 2.24) is 16.0 Å². The molecule has 3 heteroatoms. The van der Waals surface area contributed by atoms with Crippen molar-refractivity contribution >= 4 is 0 Å². The molecule has 0 amide bonds. The Morgan fingerprint density at radius 1 is 0.893 bits per heavy atom. The van der Waals surface area contributed by atoms with Gasteiger partial charge in [-0.3, -0.25) is 16.0 Å². The maximum absolute atomic E-state index is 3.77. The fourth-order valence-electron chi connectivity index (χ4n) is 3.97. The Kier molecular flexibility index (Phi) is 13.5. The maximum Gasteiger partial charge on any atom is 0.0823 e. The zero-order valence-electron chi connectivity index (χ0n) is 19.5. The first-order valence-electron chi connectivity index (χ1n) is 11.8. The topological polar surface area (TPSA) is 36.1 Å². The molecule has 0 radical (unpaired) electrons. The molecule has 3 N–H and O–H groups in total. The van der Waals surface area contributed by atoms with E-state index in [4.69, 9.17) is 0 Å². The van der Waals surface area contributed by atoms with E-state index in [0.717, 1.165) is 0 Å². The number of rotatable bonds is 13. The van der Waals surface area contributed by atoms with E-state index in [9.17, 15) is 0 Å². The summed E-state index contributed by atoms with van der Waals surface area (Å²) >= 11 is 0. The van der Waals surface area contributed by atoms with Crippen LogP contribution in [0, 0.1) is 5.92 Å². The first-order chi connectivity index (χ1) is 13.5.